The second-order valence-corrected chi connectivity index (χ2v) is 5.95. The lowest BCUT2D eigenvalue weighted by molar-refractivity contribution is 0.00619. The summed E-state index contributed by atoms with van der Waals surface area (Å²) in [7, 11) is 1.95. The molecule has 0 unspecified atom stereocenters. The number of aryl methyl sites for hydroxylation is 3. The summed E-state index contributed by atoms with van der Waals surface area (Å²) in [5.41, 5.74) is 0.434. The van der Waals surface area contributed by atoms with Crippen LogP contribution in [0.2, 0.25) is 0 Å². The van der Waals surface area contributed by atoms with Gasteiger partial charge in [-0.2, -0.15) is 0 Å². The number of esters is 1. The standard InChI is InChI=1S/C14H21N5O2/c1-10-12(13(20)21-14(2,3)4)16-17-19(10)8-6-11-15-7-9-18(11)5/h7,9H,6,8H2,1-5H3. The van der Waals surface area contributed by atoms with Crippen molar-refractivity contribution in [3.8, 4) is 0 Å². The molecule has 7 heteroatoms. The normalized spacial score (nSPS) is 11.7. The van der Waals surface area contributed by atoms with E-state index in [1.165, 1.54) is 0 Å². The first-order valence-corrected chi connectivity index (χ1v) is 6.87. The average molecular weight is 291 g/mol. The molecule has 0 fully saturated rings. The van der Waals surface area contributed by atoms with Gasteiger partial charge in [-0.25, -0.2) is 14.5 Å². The molecule has 114 valence electrons. The Labute approximate surface area is 123 Å². The van der Waals surface area contributed by atoms with Crippen molar-refractivity contribution in [3.05, 3.63) is 29.6 Å². The Bertz CT molecular complexity index is 636. The van der Waals surface area contributed by atoms with E-state index in [1.807, 2.05) is 45.5 Å². The summed E-state index contributed by atoms with van der Waals surface area (Å²) >= 11 is 0. The van der Waals surface area contributed by atoms with E-state index in [-0.39, 0.29) is 5.69 Å². The second kappa shape index (κ2) is 5.67. The SMILES string of the molecule is Cc1c(C(=O)OC(C)(C)C)nnn1CCc1nccn1C. The van der Waals surface area contributed by atoms with Crippen LogP contribution in [0.15, 0.2) is 12.4 Å². The highest BCUT2D eigenvalue weighted by molar-refractivity contribution is 5.88. The van der Waals surface area contributed by atoms with Gasteiger partial charge in [0, 0.05) is 25.9 Å². The first-order chi connectivity index (χ1) is 9.78. The maximum Gasteiger partial charge on any atom is 0.361 e. The molecule has 0 spiro atoms. The van der Waals surface area contributed by atoms with Gasteiger partial charge in [-0.15, -0.1) is 5.10 Å². The Kier molecular flexibility index (Phi) is 4.11. The molecular weight excluding hydrogens is 270 g/mol. The predicted octanol–water partition coefficient (Wildman–Crippen LogP) is 1.52. The average Bonchev–Trinajstić information content (AvgIpc) is 2.91. The van der Waals surface area contributed by atoms with Gasteiger partial charge < -0.3 is 9.30 Å². The maximum absolute atomic E-state index is 12.0. The van der Waals surface area contributed by atoms with Crippen LogP contribution >= 0.6 is 0 Å². The van der Waals surface area contributed by atoms with Crippen molar-refractivity contribution in [1.82, 2.24) is 24.5 Å². The third-order valence-corrected chi connectivity index (χ3v) is 3.04. The fourth-order valence-electron chi connectivity index (χ4n) is 1.93. The van der Waals surface area contributed by atoms with Crippen LogP contribution in [0.4, 0.5) is 0 Å². The summed E-state index contributed by atoms with van der Waals surface area (Å²) in [5, 5.41) is 7.96. The van der Waals surface area contributed by atoms with Crippen molar-refractivity contribution < 1.29 is 9.53 Å². The van der Waals surface area contributed by atoms with Gasteiger partial charge in [-0.1, -0.05) is 5.21 Å². The van der Waals surface area contributed by atoms with E-state index >= 15 is 0 Å². The van der Waals surface area contributed by atoms with Crippen molar-refractivity contribution in [2.75, 3.05) is 0 Å². The van der Waals surface area contributed by atoms with Crippen LogP contribution < -0.4 is 0 Å². The molecular formula is C14H21N5O2. The highest BCUT2D eigenvalue weighted by Gasteiger charge is 2.23. The van der Waals surface area contributed by atoms with Gasteiger partial charge in [0.25, 0.3) is 0 Å². The first-order valence-electron chi connectivity index (χ1n) is 6.87. The molecule has 2 aromatic rings. The molecule has 0 atom stereocenters. The largest absolute Gasteiger partial charge is 0.455 e. The van der Waals surface area contributed by atoms with Gasteiger partial charge in [0.05, 0.1) is 12.2 Å². The van der Waals surface area contributed by atoms with Crippen LogP contribution in [-0.2, 0) is 24.8 Å². The van der Waals surface area contributed by atoms with E-state index in [1.54, 1.807) is 10.9 Å². The van der Waals surface area contributed by atoms with E-state index in [0.717, 1.165) is 12.2 Å². The number of nitrogens with zero attached hydrogens (tertiary/aromatic N) is 5. The first kappa shape index (κ1) is 15.2. The summed E-state index contributed by atoms with van der Waals surface area (Å²) in [5.74, 6) is 0.520. The van der Waals surface area contributed by atoms with E-state index in [2.05, 4.69) is 15.3 Å². The minimum absolute atomic E-state index is 0.268. The molecule has 0 aromatic carbocycles. The van der Waals surface area contributed by atoms with Gasteiger partial charge >= 0.3 is 5.97 Å². The lowest BCUT2D eigenvalue weighted by Crippen LogP contribution is -2.24. The lowest BCUT2D eigenvalue weighted by Gasteiger charge is -2.18. The van der Waals surface area contributed by atoms with Gasteiger partial charge in [0.15, 0.2) is 5.69 Å². The topological polar surface area (TPSA) is 74.8 Å². The molecule has 0 bridgehead atoms. The number of hydrogen-bond acceptors (Lipinski definition) is 5. The number of carbonyl (C=O) groups excluding carboxylic acids is 1. The molecule has 0 amide bonds. The lowest BCUT2D eigenvalue weighted by atomic mass is 10.2. The summed E-state index contributed by atoms with van der Waals surface area (Å²) < 4.78 is 8.98. The monoisotopic (exact) mass is 291 g/mol. The zero-order valence-corrected chi connectivity index (χ0v) is 13.1. The van der Waals surface area contributed by atoms with Gasteiger partial charge in [-0.3, -0.25) is 0 Å². The number of ether oxygens (including phenoxy) is 1. The fourth-order valence-corrected chi connectivity index (χ4v) is 1.93. The highest BCUT2D eigenvalue weighted by atomic mass is 16.6. The molecule has 21 heavy (non-hydrogen) atoms. The van der Waals surface area contributed by atoms with Crippen LogP contribution in [0.5, 0.6) is 0 Å². The van der Waals surface area contributed by atoms with Crippen LogP contribution in [-0.4, -0.2) is 36.1 Å². The Morgan fingerprint density at radius 3 is 2.67 bits per heavy atom. The number of imidazole rings is 1. The van der Waals surface area contributed by atoms with Crippen LogP contribution in [0.1, 0.15) is 42.8 Å². The molecule has 0 aliphatic rings. The molecule has 0 saturated carbocycles. The Morgan fingerprint density at radius 2 is 2.10 bits per heavy atom. The molecule has 0 radical (unpaired) electrons. The smallest absolute Gasteiger partial charge is 0.361 e. The molecule has 0 aliphatic heterocycles. The Hall–Kier alpha value is -2.18. The van der Waals surface area contributed by atoms with Gasteiger partial charge in [0.2, 0.25) is 0 Å². The molecule has 0 saturated heterocycles. The molecule has 2 heterocycles. The van der Waals surface area contributed by atoms with Crippen molar-refractivity contribution >= 4 is 5.97 Å². The molecule has 7 nitrogen and oxygen atoms in total. The van der Waals surface area contributed by atoms with E-state index < -0.39 is 11.6 Å². The van der Waals surface area contributed by atoms with Crippen molar-refractivity contribution in [2.24, 2.45) is 7.05 Å². The van der Waals surface area contributed by atoms with Crippen molar-refractivity contribution in [1.29, 1.82) is 0 Å². The number of carbonyl (C=O) groups is 1. The summed E-state index contributed by atoms with van der Waals surface area (Å²) in [6.07, 6.45) is 4.38. The minimum Gasteiger partial charge on any atom is -0.455 e. The number of aromatic nitrogens is 5. The van der Waals surface area contributed by atoms with E-state index in [4.69, 9.17) is 4.74 Å². The summed E-state index contributed by atoms with van der Waals surface area (Å²) in [6.45, 7) is 7.91. The third-order valence-electron chi connectivity index (χ3n) is 3.04. The third kappa shape index (κ3) is 3.68. The van der Waals surface area contributed by atoms with E-state index in [0.29, 0.717) is 12.2 Å². The van der Waals surface area contributed by atoms with Crippen LogP contribution in [0.25, 0.3) is 0 Å². The number of hydrogen-bond donors (Lipinski definition) is 0. The number of rotatable bonds is 4. The molecule has 0 aliphatic carbocycles. The minimum atomic E-state index is -0.541. The fraction of sp³-hybridized carbons (Fsp3) is 0.571. The Morgan fingerprint density at radius 1 is 1.38 bits per heavy atom. The highest BCUT2D eigenvalue weighted by Crippen LogP contribution is 2.13. The van der Waals surface area contributed by atoms with Crippen molar-refractivity contribution in [2.45, 2.75) is 46.3 Å². The van der Waals surface area contributed by atoms with Crippen molar-refractivity contribution in [3.63, 3.8) is 0 Å². The van der Waals surface area contributed by atoms with E-state index in [9.17, 15) is 4.79 Å². The quantitative estimate of drug-likeness (QED) is 0.798. The Balaban J connectivity index is 2.07. The zero-order valence-electron chi connectivity index (χ0n) is 13.1. The second-order valence-electron chi connectivity index (χ2n) is 5.95. The summed E-state index contributed by atoms with van der Waals surface area (Å²) in [6, 6.07) is 0. The summed E-state index contributed by atoms with van der Waals surface area (Å²) in [4.78, 5) is 16.3. The molecule has 2 aromatic heterocycles. The predicted molar refractivity (Wildman–Crippen MR) is 76.8 cm³/mol. The maximum atomic E-state index is 12.0. The molecule has 0 N–H and O–H groups in total. The van der Waals surface area contributed by atoms with Crippen LogP contribution in [0.3, 0.4) is 0 Å². The van der Waals surface area contributed by atoms with Gasteiger partial charge in [0.1, 0.15) is 11.4 Å². The zero-order chi connectivity index (χ0) is 15.6. The van der Waals surface area contributed by atoms with Gasteiger partial charge in [-0.05, 0) is 27.7 Å². The van der Waals surface area contributed by atoms with Crippen LogP contribution in [0, 0.1) is 6.92 Å². The molecule has 2 rings (SSSR count).